The summed E-state index contributed by atoms with van der Waals surface area (Å²) in [4.78, 5) is 6.10. The topological polar surface area (TPSA) is 50.1 Å². The molecule has 0 aliphatic heterocycles. The van der Waals surface area contributed by atoms with Gasteiger partial charge >= 0.3 is 0 Å². The van der Waals surface area contributed by atoms with E-state index in [-0.39, 0.29) is 0 Å². The second-order valence-electron chi connectivity index (χ2n) is 4.17. The second-order valence-corrected chi connectivity index (χ2v) is 4.17. The molecular formula is C14H16N4O. The Morgan fingerprint density at radius 3 is 2.11 bits per heavy atom. The Morgan fingerprint density at radius 1 is 0.947 bits per heavy atom. The minimum Gasteiger partial charge on any atom is -0.481 e. The molecule has 5 heteroatoms. The van der Waals surface area contributed by atoms with Gasteiger partial charge in [0.05, 0.1) is 19.0 Å². The van der Waals surface area contributed by atoms with E-state index < -0.39 is 0 Å². The van der Waals surface area contributed by atoms with E-state index in [1.54, 1.807) is 19.4 Å². The largest absolute Gasteiger partial charge is 0.481 e. The van der Waals surface area contributed by atoms with E-state index in [9.17, 15) is 0 Å². The highest BCUT2D eigenvalue weighted by molar-refractivity contribution is 5.51. The number of ether oxygens (including phenoxy) is 1. The second kappa shape index (κ2) is 5.95. The normalized spacial score (nSPS) is 10.7. The van der Waals surface area contributed by atoms with E-state index in [0.717, 1.165) is 11.4 Å². The first-order valence-corrected chi connectivity index (χ1v) is 5.88. The van der Waals surface area contributed by atoms with Crippen LogP contribution in [0.1, 0.15) is 0 Å². The number of anilines is 1. The first-order chi connectivity index (χ1) is 9.19. The Kier molecular flexibility index (Phi) is 4.07. The van der Waals surface area contributed by atoms with Crippen molar-refractivity contribution in [2.24, 2.45) is 10.2 Å². The zero-order valence-electron chi connectivity index (χ0n) is 11.2. The molecule has 5 nitrogen and oxygen atoms in total. The van der Waals surface area contributed by atoms with Crippen molar-refractivity contribution >= 4 is 17.1 Å². The van der Waals surface area contributed by atoms with E-state index in [0.29, 0.717) is 11.6 Å². The molecule has 0 saturated heterocycles. The summed E-state index contributed by atoms with van der Waals surface area (Å²) in [6, 6.07) is 11.4. The van der Waals surface area contributed by atoms with E-state index in [2.05, 4.69) is 15.2 Å². The monoisotopic (exact) mass is 256 g/mol. The minimum absolute atomic E-state index is 0.564. The smallest absolute Gasteiger partial charge is 0.213 e. The van der Waals surface area contributed by atoms with Crippen molar-refractivity contribution in [2.45, 2.75) is 0 Å². The summed E-state index contributed by atoms with van der Waals surface area (Å²) in [7, 11) is 5.58. The molecule has 0 radical (unpaired) electrons. The van der Waals surface area contributed by atoms with Crippen LogP contribution in [-0.2, 0) is 0 Å². The zero-order chi connectivity index (χ0) is 13.7. The Balaban J connectivity index is 2.08. The molecule has 0 atom stereocenters. The fourth-order valence-electron chi connectivity index (χ4n) is 1.49. The van der Waals surface area contributed by atoms with Crippen LogP contribution < -0.4 is 9.64 Å². The van der Waals surface area contributed by atoms with Gasteiger partial charge < -0.3 is 9.64 Å². The lowest BCUT2D eigenvalue weighted by Crippen LogP contribution is -2.07. The van der Waals surface area contributed by atoms with E-state index in [1.165, 1.54) is 0 Å². The molecule has 2 aromatic rings. The SMILES string of the molecule is COc1ccc(N=Nc2ccc(N(C)C)cc2)cn1. The highest BCUT2D eigenvalue weighted by Crippen LogP contribution is 2.21. The molecule has 0 bridgehead atoms. The van der Waals surface area contributed by atoms with E-state index in [4.69, 9.17) is 4.74 Å². The van der Waals surface area contributed by atoms with Crippen LogP contribution in [0.3, 0.4) is 0 Å². The molecule has 0 amide bonds. The van der Waals surface area contributed by atoms with Crippen molar-refractivity contribution in [3.05, 3.63) is 42.6 Å². The fraction of sp³-hybridized carbons (Fsp3) is 0.214. The maximum atomic E-state index is 4.98. The predicted molar refractivity (Wildman–Crippen MR) is 75.7 cm³/mol. The Hall–Kier alpha value is -2.43. The Labute approximate surface area is 112 Å². The van der Waals surface area contributed by atoms with Crippen LogP contribution in [0.5, 0.6) is 5.88 Å². The van der Waals surface area contributed by atoms with Gasteiger partial charge in [-0.15, -0.1) is 5.11 Å². The number of hydrogen-bond donors (Lipinski definition) is 0. The summed E-state index contributed by atoms with van der Waals surface area (Å²) >= 11 is 0. The number of pyridine rings is 1. The number of azo groups is 1. The summed E-state index contributed by atoms with van der Waals surface area (Å²) < 4.78 is 4.98. The standard InChI is InChI=1S/C14H16N4O/c1-18(2)13-7-4-11(5-8-13)16-17-12-6-9-14(19-3)15-10-12/h4-10H,1-3H3. The number of benzene rings is 1. The predicted octanol–water partition coefficient (Wildman–Crippen LogP) is 3.57. The van der Waals surface area contributed by atoms with Crippen LogP contribution in [0.15, 0.2) is 52.8 Å². The van der Waals surface area contributed by atoms with Gasteiger partial charge in [0.1, 0.15) is 5.69 Å². The summed E-state index contributed by atoms with van der Waals surface area (Å²) in [6.07, 6.45) is 1.62. The number of methoxy groups -OCH3 is 1. The van der Waals surface area contributed by atoms with Gasteiger partial charge in [-0.2, -0.15) is 5.11 Å². The van der Waals surface area contributed by atoms with Gasteiger partial charge in [0.25, 0.3) is 0 Å². The van der Waals surface area contributed by atoms with Gasteiger partial charge in [0.15, 0.2) is 0 Å². The van der Waals surface area contributed by atoms with Crippen LogP contribution in [-0.4, -0.2) is 26.2 Å². The number of nitrogens with zero attached hydrogens (tertiary/aromatic N) is 4. The molecule has 1 heterocycles. The maximum Gasteiger partial charge on any atom is 0.213 e. The average Bonchev–Trinajstić information content (AvgIpc) is 2.46. The first kappa shape index (κ1) is 13.0. The maximum absolute atomic E-state index is 4.98. The van der Waals surface area contributed by atoms with Gasteiger partial charge in [-0.3, -0.25) is 0 Å². The van der Waals surface area contributed by atoms with Gasteiger partial charge in [-0.1, -0.05) is 0 Å². The zero-order valence-corrected chi connectivity index (χ0v) is 11.2. The molecule has 1 aromatic carbocycles. The molecule has 0 aliphatic rings. The van der Waals surface area contributed by atoms with E-state index in [1.807, 2.05) is 49.3 Å². The number of rotatable bonds is 4. The molecule has 0 unspecified atom stereocenters. The van der Waals surface area contributed by atoms with Crippen LogP contribution >= 0.6 is 0 Å². The molecular weight excluding hydrogens is 240 g/mol. The molecule has 0 saturated carbocycles. The molecule has 2 rings (SSSR count). The average molecular weight is 256 g/mol. The van der Waals surface area contributed by atoms with Crippen molar-refractivity contribution in [1.29, 1.82) is 0 Å². The highest BCUT2D eigenvalue weighted by atomic mass is 16.5. The molecule has 98 valence electrons. The Morgan fingerprint density at radius 2 is 1.58 bits per heavy atom. The number of hydrogen-bond acceptors (Lipinski definition) is 5. The molecule has 0 fully saturated rings. The lowest BCUT2D eigenvalue weighted by Gasteiger charge is -2.11. The van der Waals surface area contributed by atoms with Gasteiger partial charge in [0.2, 0.25) is 5.88 Å². The molecule has 19 heavy (non-hydrogen) atoms. The minimum atomic E-state index is 0.564. The molecule has 0 spiro atoms. The third-order valence-electron chi connectivity index (χ3n) is 2.58. The summed E-state index contributed by atoms with van der Waals surface area (Å²) in [5, 5.41) is 8.28. The summed E-state index contributed by atoms with van der Waals surface area (Å²) in [5.74, 6) is 0.564. The fourth-order valence-corrected chi connectivity index (χ4v) is 1.49. The number of aromatic nitrogens is 1. The van der Waals surface area contributed by atoms with E-state index >= 15 is 0 Å². The van der Waals surface area contributed by atoms with Crippen LogP contribution in [0.2, 0.25) is 0 Å². The lowest BCUT2D eigenvalue weighted by atomic mass is 10.3. The van der Waals surface area contributed by atoms with Crippen molar-refractivity contribution in [2.75, 3.05) is 26.1 Å². The molecule has 0 N–H and O–H groups in total. The van der Waals surface area contributed by atoms with Crippen molar-refractivity contribution in [3.63, 3.8) is 0 Å². The van der Waals surface area contributed by atoms with Crippen molar-refractivity contribution in [1.82, 2.24) is 4.98 Å². The molecule has 1 aromatic heterocycles. The Bertz CT molecular complexity index is 547. The van der Waals surface area contributed by atoms with Crippen LogP contribution in [0.4, 0.5) is 17.1 Å². The van der Waals surface area contributed by atoms with Crippen LogP contribution in [0.25, 0.3) is 0 Å². The van der Waals surface area contributed by atoms with Crippen molar-refractivity contribution < 1.29 is 4.74 Å². The van der Waals surface area contributed by atoms with Crippen LogP contribution in [0, 0.1) is 0 Å². The van der Waals surface area contributed by atoms with Gasteiger partial charge in [-0.25, -0.2) is 4.98 Å². The summed E-state index contributed by atoms with van der Waals surface area (Å²) in [5.41, 5.74) is 2.63. The van der Waals surface area contributed by atoms with Crippen molar-refractivity contribution in [3.8, 4) is 5.88 Å². The summed E-state index contributed by atoms with van der Waals surface area (Å²) in [6.45, 7) is 0. The lowest BCUT2D eigenvalue weighted by molar-refractivity contribution is 0.398. The van der Waals surface area contributed by atoms with Gasteiger partial charge in [0, 0.05) is 25.8 Å². The third kappa shape index (κ3) is 3.51. The van der Waals surface area contributed by atoms with Gasteiger partial charge in [-0.05, 0) is 30.3 Å². The quantitative estimate of drug-likeness (QED) is 0.786. The molecule has 0 aliphatic carbocycles. The third-order valence-corrected chi connectivity index (χ3v) is 2.58. The first-order valence-electron chi connectivity index (χ1n) is 5.88. The highest BCUT2D eigenvalue weighted by Gasteiger charge is 1.96.